The largest absolute Gasteiger partial charge is 0.383 e. The minimum absolute atomic E-state index is 0.832. The average Bonchev–Trinajstić information content (AvgIpc) is 2.73. The summed E-state index contributed by atoms with van der Waals surface area (Å²) in [6, 6.07) is 0.893. The van der Waals surface area contributed by atoms with Crippen molar-refractivity contribution in [2.24, 2.45) is 5.92 Å². The van der Waals surface area contributed by atoms with E-state index in [1.807, 2.05) is 0 Å². The Bertz CT molecular complexity index is 227. The first-order valence-corrected chi connectivity index (χ1v) is 8.34. The number of rotatable bonds is 6. The highest BCUT2D eigenvalue weighted by Gasteiger charge is 2.25. The van der Waals surface area contributed by atoms with Gasteiger partial charge in [0.15, 0.2) is 0 Å². The molecule has 0 aromatic rings. The maximum atomic E-state index is 5.09. The van der Waals surface area contributed by atoms with E-state index in [-0.39, 0.29) is 0 Å². The molecule has 0 aromatic heterocycles. The predicted molar refractivity (Wildman–Crippen MR) is 80.5 cm³/mol. The summed E-state index contributed by atoms with van der Waals surface area (Å²) < 4.78 is 5.09. The highest BCUT2D eigenvalue weighted by Crippen LogP contribution is 2.26. The van der Waals surface area contributed by atoms with Crippen LogP contribution in [0.25, 0.3) is 0 Å². The molecule has 0 amide bonds. The molecule has 2 fully saturated rings. The minimum Gasteiger partial charge on any atom is -0.383 e. The molecule has 2 rings (SSSR count). The number of hydrogen-bond acceptors (Lipinski definition) is 3. The Kier molecular flexibility index (Phi) is 7.18. The van der Waals surface area contributed by atoms with Gasteiger partial charge in [-0.25, -0.2) is 0 Å². The molecular weight excluding hydrogens is 236 g/mol. The Morgan fingerprint density at radius 3 is 2.58 bits per heavy atom. The lowest BCUT2D eigenvalue weighted by molar-refractivity contribution is 0.110. The molecule has 3 nitrogen and oxygen atoms in total. The van der Waals surface area contributed by atoms with Crippen LogP contribution in [0, 0.1) is 5.92 Å². The molecule has 19 heavy (non-hydrogen) atoms. The summed E-state index contributed by atoms with van der Waals surface area (Å²) in [6.07, 6.45) is 11.5. The van der Waals surface area contributed by atoms with Crippen LogP contribution in [0.3, 0.4) is 0 Å². The van der Waals surface area contributed by atoms with E-state index >= 15 is 0 Å². The first kappa shape index (κ1) is 15.3. The topological polar surface area (TPSA) is 24.5 Å². The van der Waals surface area contributed by atoms with Crippen LogP contribution in [0.5, 0.6) is 0 Å². The van der Waals surface area contributed by atoms with Crippen molar-refractivity contribution in [1.82, 2.24) is 10.2 Å². The molecule has 0 radical (unpaired) electrons. The van der Waals surface area contributed by atoms with E-state index in [0.29, 0.717) is 0 Å². The molecule has 0 spiro atoms. The summed E-state index contributed by atoms with van der Waals surface area (Å²) in [5.74, 6) is 0.855. The van der Waals surface area contributed by atoms with Gasteiger partial charge in [0.2, 0.25) is 0 Å². The van der Waals surface area contributed by atoms with Gasteiger partial charge in [0.05, 0.1) is 6.61 Å². The van der Waals surface area contributed by atoms with E-state index in [2.05, 4.69) is 10.2 Å². The average molecular weight is 268 g/mol. The van der Waals surface area contributed by atoms with Crippen molar-refractivity contribution in [3.63, 3.8) is 0 Å². The molecule has 1 saturated heterocycles. The molecule has 112 valence electrons. The van der Waals surface area contributed by atoms with Crippen LogP contribution in [0.15, 0.2) is 0 Å². The van der Waals surface area contributed by atoms with Gasteiger partial charge in [0, 0.05) is 26.2 Å². The lowest BCUT2D eigenvalue weighted by atomic mass is 9.95. The number of likely N-dealkylation sites (tertiary alicyclic amines) is 1. The third-order valence-electron chi connectivity index (χ3n) is 4.81. The van der Waals surface area contributed by atoms with Gasteiger partial charge in [-0.05, 0) is 44.7 Å². The Labute approximate surface area is 119 Å². The molecule has 1 unspecified atom stereocenters. The van der Waals surface area contributed by atoms with Crippen LogP contribution in [0.2, 0.25) is 0 Å². The fraction of sp³-hybridized carbons (Fsp3) is 1.00. The number of ether oxygens (including phenoxy) is 1. The first-order valence-electron chi connectivity index (χ1n) is 8.34. The van der Waals surface area contributed by atoms with E-state index < -0.39 is 0 Å². The van der Waals surface area contributed by atoms with Crippen molar-refractivity contribution in [2.75, 3.05) is 39.9 Å². The Morgan fingerprint density at radius 1 is 1.05 bits per heavy atom. The van der Waals surface area contributed by atoms with E-state index in [0.717, 1.165) is 25.1 Å². The van der Waals surface area contributed by atoms with E-state index in [9.17, 15) is 0 Å². The van der Waals surface area contributed by atoms with Gasteiger partial charge in [0.25, 0.3) is 0 Å². The number of hydrogen-bond donors (Lipinski definition) is 1. The van der Waals surface area contributed by atoms with E-state index in [4.69, 9.17) is 4.74 Å². The summed E-state index contributed by atoms with van der Waals surface area (Å²) in [5.41, 5.74) is 0. The number of nitrogens with zero attached hydrogens (tertiary/aromatic N) is 1. The summed E-state index contributed by atoms with van der Waals surface area (Å²) in [4.78, 5) is 2.80. The molecule has 3 heteroatoms. The fourth-order valence-electron chi connectivity index (χ4n) is 3.70. The molecule has 1 atom stereocenters. The highest BCUT2D eigenvalue weighted by molar-refractivity contribution is 4.81. The van der Waals surface area contributed by atoms with Crippen molar-refractivity contribution in [1.29, 1.82) is 0 Å². The van der Waals surface area contributed by atoms with Crippen molar-refractivity contribution in [2.45, 2.75) is 57.4 Å². The quantitative estimate of drug-likeness (QED) is 0.592. The molecule has 1 N–H and O–H groups in total. The normalized spacial score (nSPS) is 27.3. The van der Waals surface area contributed by atoms with Crippen molar-refractivity contribution in [3.8, 4) is 0 Å². The summed E-state index contributed by atoms with van der Waals surface area (Å²) in [5, 5.41) is 3.54. The zero-order valence-electron chi connectivity index (χ0n) is 12.7. The summed E-state index contributed by atoms with van der Waals surface area (Å²) >= 11 is 0. The van der Waals surface area contributed by atoms with Gasteiger partial charge in [0.1, 0.15) is 0 Å². The van der Waals surface area contributed by atoms with Gasteiger partial charge in [-0.1, -0.05) is 25.7 Å². The van der Waals surface area contributed by atoms with Crippen molar-refractivity contribution >= 4 is 0 Å². The fourth-order valence-corrected chi connectivity index (χ4v) is 3.70. The van der Waals surface area contributed by atoms with Crippen LogP contribution < -0.4 is 5.32 Å². The summed E-state index contributed by atoms with van der Waals surface area (Å²) in [6.45, 7) is 5.67. The van der Waals surface area contributed by atoms with Gasteiger partial charge in [-0.15, -0.1) is 0 Å². The Hall–Kier alpha value is -0.120. The molecule has 1 heterocycles. The minimum atomic E-state index is 0.832. The zero-order chi connectivity index (χ0) is 13.3. The second kappa shape index (κ2) is 8.93. The van der Waals surface area contributed by atoms with Crippen LogP contribution in [-0.2, 0) is 4.74 Å². The maximum absolute atomic E-state index is 5.09. The van der Waals surface area contributed by atoms with Gasteiger partial charge in [-0.3, -0.25) is 0 Å². The van der Waals surface area contributed by atoms with Crippen LogP contribution in [0.1, 0.15) is 51.4 Å². The van der Waals surface area contributed by atoms with Crippen LogP contribution in [-0.4, -0.2) is 50.8 Å². The Balaban J connectivity index is 1.69. The van der Waals surface area contributed by atoms with Crippen molar-refractivity contribution < 1.29 is 4.74 Å². The molecule has 0 aromatic carbocycles. The lowest BCUT2D eigenvalue weighted by Gasteiger charge is -2.38. The maximum Gasteiger partial charge on any atom is 0.0587 e. The van der Waals surface area contributed by atoms with Gasteiger partial charge < -0.3 is 15.0 Å². The molecule has 1 aliphatic heterocycles. The van der Waals surface area contributed by atoms with Crippen LogP contribution >= 0.6 is 0 Å². The third kappa shape index (κ3) is 5.41. The number of nitrogens with one attached hydrogen (secondary N) is 1. The molecule has 1 saturated carbocycles. The first-order chi connectivity index (χ1) is 9.40. The molecule has 0 bridgehead atoms. The Morgan fingerprint density at radius 2 is 1.84 bits per heavy atom. The molecule has 1 aliphatic carbocycles. The zero-order valence-corrected chi connectivity index (χ0v) is 12.7. The number of piperidine rings is 1. The number of methoxy groups -OCH3 is 1. The van der Waals surface area contributed by atoms with Crippen LogP contribution in [0.4, 0.5) is 0 Å². The second-order valence-corrected chi connectivity index (χ2v) is 6.35. The van der Waals surface area contributed by atoms with Crippen molar-refractivity contribution in [3.05, 3.63) is 0 Å². The smallest absolute Gasteiger partial charge is 0.0587 e. The monoisotopic (exact) mass is 268 g/mol. The summed E-state index contributed by atoms with van der Waals surface area (Å²) in [7, 11) is 1.77. The van der Waals surface area contributed by atoms with Gasteiger partial charge in [-0.2, -0.15) is 0 Å². The standard InChI is InChI=1S/C16H32N2O/c1-19-12-10-17-13-15-7-6-11-18(14-15)16-8-4-2-3-5-9-16/h15-17H,2-14H2,1H3. The van der Waals surface area contributed by atoms with E-state index in [1.165, 1.54) is 71.0 Å². The lowest BCUT2D eigenvalue weighted by Crippen LogP contribution is -2.45. The van der Waals surface area contributed by atoms with E-state index in [1.54, 1.807) is 7.11 Å². The highest BCUT2D eigenvalue weighted by atomic mass is 16.5. The van der Waals surface area contributed by atoms with Gasteiger partial charge >= 0.3 is 0 Å². The SMILES string of the molecule is COCCNCC1CCCN(C2CCCCCC2)C1. The second-order valence-electron chi connectivity index (χ2n) is 6.35. The molecular formula is C16H32N2O. The molecule has 2 aliphatic rings. The third-order valence-corrected chi connectivity index (χ3v) is 4.81. The predicted octanol–water partition coefficient (Wildman–Crippen LogP) is 2.66.